The fraction of sp³-hybridized carbons (Fsp3) is 0.125. The molecular formula is C24H22N4O2. The molecule has 0 bridgehead atoms. The molecule has 2 N–H and O–H groups in total. The van der Waals surface area contributed by atoms with Crippen molar-refractivity contribution in [2.75, 3.05) is 5.32 Å². The summed E-state index contributed by atoms with van der Waals surface area (Å²) >= 11 is 0. The molecule has 1 atom stereocenters. The minimum Gasteiger partial charge on any atom is -0.447 e. The molecule has 150 valence electrons. The maximum Gasteiger partial charge on any atom is 0.241 e. The third-order valence-electron chi connectivity index (χ3n) is 4.75. The standard InChI is InChI=1S/C24H22N4O2/c29-24(28-21-8-4-7-20(14-21)19-9-11-25-12-10-19)23(13-18-5-2-1-3-6-18)27-16-22-15-26-17-30-22/h1-12,14-15,17,23,27H,13,16H2,(H,28,29). The summed E-state index contributed by atoms with van der Waals surface area (Å²) in [7, 11) is 0. The van der Waals surface area contributed by atoms with Crippen LogP contribution in [-0.2, 0) is 17.8 Å². The Labute approximate surface area is 175 Å². The number of nitrogens with zero attached hydrogens (tertiary/aromatic N) is 2. The van der Waals surface area contributed by atoms with Gasteiger partial charge >= 0.3 is 0 Å². The molecule has 2 aromatic heterocycles. The average Bonchev–Trinajstić information content (AvgIpc) is 3.32. The van der Waals surface area contributed by atoms with Crippen LogP contribution in [0.1, 0.15) is 11.3 Å². The number of rotatable bonds is 8. The molecule has 0 spiro atoms. The second kappa shape index (κ2) is 9.62. The molecule has 0 saturated carbocycles. The van der Waals surface area contributed by atoms with E-state index in [9.17, 15) is 4.79 Å². The summed E-state index contributed by atoms with van der Waals surface area (Å²) in [5.74, 6) is 0.575. The van der Waals surface area contributed by atoms with Crippen LogP contribution in [0.2, 0.25) is 0 Å². The molecule has 2 aromatic carbocycles. The van der Waals surface area contributed by atoms with Gasteiger partial charge in [-0.25, -0.2) is 4.98 Å². The van der Waals surface area contributed by atoms with Gasteiger partial charge in [0.1, 0.15) is 5.76 Å². The van der Waals surface area contributed by atoms with Crippen molar-refractivity contribution in [3.63, 3.8) is 0 Å². The molecule has 0 radical (unpaired) electrons. The van der Waals surface area contributed by atoms with Crippen LogP contribution in [0.25, 0.3) is 11.1 Å². The molecule has 4 aromatic rings. The Bertz CT molecular complexity index is 1070. The first kappa shape index (κ1) is 19.5. The number of pyridine rings is 1. The Morgan fingerprint density at radius 2 is 1.77 bits per heavy atom. The maximum absolute atomic E-state index is 13.1. The molecule has 1 unspecified atom stereocenters. The molecular weight excluding hydrogens is 376 g/mol. The second-order valence-electron chi connectivity index (χ2n) is 6.90. The van der Waals surface area contributed by atoms with Crippen LogP contribution in [0, 0.1) is 0 Å². The summed E-state index contributed by atoms with van der Waals surface area (Å²) in [5.41, 5.74) is 3.89. The molecule has 1 amide bonds. The number of carbonyl (C=O) groups is 1. The van der Waals surface area contributed by atoms with Crippen molar-refractivity contribution >= 4 is 11.6 Å². The van der Waals surface area contributed by atoms with Crippen molar-refractivity contribution in [2.45, 2.75) is 19.0 Å². The monoisotopic (exact) mass is 398 g/mol. The van der Waals surface area contributed by atoms with Crippen LogP contribution in [0.15, 0.2) is 96.1 Å². The molecule has 6 heteroatoms. The highest BCUT2D eigenvalue weighted by Crippen LogP contribution is 2.22. The van der Waals surface area contributed by atoms with Crippen LogP contribution < -0.4 is 10.6 Å². The summed E-state index contributed by atoms with van der Waals surface area (Å²) in [6.07, 6.45) is 7.09. The number of benzene rings is 2. The molecule has 0 aliphatic rings. The van der Waals surface area contributed by atoms with E-state index in [0.717, 1.165) is 22.4 Å². The van der Waals surface area contributed by atoms with E-state index in [-0.39, 0.29) is 5.91 Å². The largest absolute Gasteiger partial charge is 0.447 e. The van der Waals surface area contributed by atoms with Gasteiger partial charge in [0.25, 0.3) is 0 Å². The van der Waals surface area contributed by atoms with E-state index in [2.05, 4.69) is 20.6 Å². The van der Waals surface area contributed by atoms with Gasteiger partial charge in [-0.2, -0.15) is 0 Å². The normalized spacial score (nSPS) is 11.7. The third-order valence-corrected chi connectivity index (χ3v) is 4.75. The van der Waals surface area contributed by atoms with Crippen molar-refractivity contribution in [3.05, 3.63) is 103 Å². The summed E-state index contributed by atoms with van der Waals surface area (Å²) in [6, 6.07) is 21.2. The van der Waals surface area contributed by atoms with Gasteiger partial charge in [0.2, 0.25) is 5.91 Å². The molecule has 6 nitrogen and oxygen atoms in total. The summed E-state index contributed by atoms with van der Waals surface area (Å²) in [4.78, 5) is 21.1. The number of hydrogen-bond acceptors (Lipinski definition) is 5. The summed E-state index contributed by atoms with van der Waals surface area (Å²) in [6.45, 7) is 0.419. The van der Waals surface area contributed by atoms with Crippen LogP contribution >= 0.6 is 0 Å². The average molecular weight is 398 g/mol. The van der Waals surface area contributed by atoms with E-state index < -0.39 is 6.04 Å². The van der Waals surface area contributed by atoms with Crippen LogP contribution in [0.4, 0.5) is 5.69 Å². The molecule has 0 aliphatic heterocycles. The molecule has 4 rings (SSSR count). The van der Waals surface area contributed by atoms with Crippen molar-refractivity contribution in [1.29, 1.82) is 0 Å². The SMILES string of the molecule is O=C(Nc1cccc(-c2ccncc2)c1)C(Cc1ccccc1)NCc1cnco1. The Balaban J connectivity index is 1.49. The lowest BCUT2D eigenvalue weighted by Gasteiger charge is -2.18. The number of nitrogens with one attached hydrogen (secondary N) is 2. The molecule has 30 heavy (non-hydrogen) atoms. The first-order valence-electron chi connectivity index (χ1n) is 9.74. The van der Waals surface area contributed by atoms with Crippen molar-refractivity contribution in [1.82, 2.24) is 15.3 Å². The van der Waals surface area contributed by atoms with E-state index in [1.807, 2.05) is 66.7 Å². The van der Waals surface area contributed by atoms with Gasteiger partial charge in [-0.1, -0.05) is 42.5 Å². The minimum atomic E-state index is -0.429. The predicted octanol–water partition coefficient (Wildman–Crippen LogP) is 4.08. The number of aromatic nitrogens is 2. The highest BCUT2D eigenvalue weighted by atomic mass is 16.3. The van der Waals surface area contributed by atoms with E-state index in [1.54, 1.807) is 18.6 Å². The number of oxazole rings is 1. The van der Waals surface area contributed by atoms with Gasteiger partial charge in [0.15, 0.2) is 6.39 Å². The minimum absolute atomic E-state index is 0.106. The Kier molecular flexibility index (Phi) is 6.27. The highest BCUT2D eigenvalue weighted by molar-refractivity contribution is 5.95. The molecule has 0 aliphatic carbocycles. The molecule has 2 heterocycles. The van der Waals surface area contributed by atoms with Gasteiger partial charge in [0.05, 0.1) is 18.8 Å². The van der Waals surface area contributed by atoms with Crippen LogP contribution in [0.5, 0.6) is 0 Å². The fourth-order valence-corrected chi connectivity index (χ4v) is 3.21. The highest BCUT2D eigenvalue weighted by Gasteiger charge is 2.19. The van der Waals surface area contributed by atoms with Gasteiger partial charge in [-0.3, -0.25) is 15.1 Å². The Morgan fingerprint density at radius 1 is 0.933 bits per heavy atom. The van der Waals surface area contributed by atoms with Gasteiger partial charge < -0.3 is 9.73 Å². The second-order valence-corrected chi connectivity index (χ2v) is 6.90. The van der Waals surface area contributed by atoms with Gasteiger partial charge in [0, 0.05) is 18.1 Å². The van der Waals surface area contributed by atoms with Gasteiger partial charge in [-0.05, 0) is 47.4 Å². The summed E-state index contributed by atoms with van der Waals surface area (Å²) in [5, 5.41) is 6.32. The first-order chi connectivity index (χ1) is 14.8. The van der Waals surface area contributed by atoms with Crippen molar-refractivity contribution < 1.29 is 9.21 Å². The third kappa shape index (κ3) is 5.18. The lowest BCUT2D eigenvalue weighted by Crippen LogP contribution is -2.41. The van der Waals surface area contributed by atoms with Crippen LogP contribution in [-0.4, -0.2) is 21.9 Å². The predicted molar refractivity (Wildman–Crippen MR) is 116 cm³/mol. The Morgan fingerprint density at radius 3 is 2.53 bits per heavy atom. The van der Waals surface area contributed by atoms with Crippen molar-refractivity contribution in [3.8, 4) is 11.1 Å². The Hall–Kier alpha value is -3.77. The molecule has 0 saturated heterocycles. The maximum atomic E-state index is 13.1. The number of hydrogen-bond donors (Lipinski definition) is 2. The topological polar surface area (TPSA) is 80.0 Å². The number of carbonyl (C=O) groups excluding carboxylic acids is 1. The van der Waals surface area contributed by atoms with E-state index >= 15 is 0 Å². The van der Waals surface area contributed by atoms with E-state index in [1.165, 1.54) is 6.39 Å². The zero-order valence-electron chi connectivity index (χ0n) is 16.4. The zero-order valence-corrected chi connectivity index (χ0v) is 16.4. The number of anilines is 1. The number of amides is 1. The first-order valence-corrected chi connectivity index (χ1v) is 9.74. The molecule has 0 fully saturated rings. The zero-order chi connectivity index (χ0) is 20.6. The fourth-order valence-electron chi connectivity index (χ4n) is 3.21. The van der Waals surface area contributed by atoms with Crippen molar-refractivity contribution in [2.24, 2.45) is 0 Å². The lowest BCUT2D eigenvalue weighted by atomic mass is 10.0. The van der Waals surface area contributed by atoms with E-state index in [4.69, 9.17) is 4.42 Å². The summed E-state index contributed by atoms with van der Waals surface area (Å²) < 4.78 is 5.29. The van der Waals surface area contributed by atoms with Gasteiger partial charge in [-0.15, -0.1) is 0 Å². The smallest absolute Gasteiger partial charge is 0.241 e. The lowest BCUT2D eigenvalue weighted by molar-refractivity contribution is -0.118. The van der Waals surface area contributed by atoms with E-state index in [0.29, 0.717) is 18.7 Å². The quantitative estimate of drug-likeness (QED) is 0.468. The van der Waals surface area contributed by atoms with Crippen LogP contribution in [0.3, 0.4) is 0 Å².